The fourth-order valence-electron chi connectivity index (χ4n) is 2.10. The molecule has 3 N–H and O–H groups in total. The Morgan fingerprint density at radius 1 is 1.33 bits per heavy atom. The maximum absolute atomic E-state index is 11.8. The maximum atomic E-state index is 11.8. The van der Waals surface area contributed by atoms with E-state index in [0.717, 1.165) is 25.9 Å². The molecular weight excluding hydrogens is 230 g/mol. The zero-order valence-electron chi connectivity index (χ0n) is 11.6. The van der Waals surface area contributed by atoms with Crippen molar-refractivity contribution in [1.29, 1.82) is 0 Å². The van der Waals surface area contributed by atoms with Gasteiger partial charge in [0.2, 0.25) is 11.8 Å². The summed E-state index contributed by atoms with van der Waals surface area (Å²) in [6.45, 7) is 7.17. The van der Waals surface area contributed by atoms with Gasteiger partial charge in [-0.05, 0) is 19.3 Å². The molecule has 0 bridgehead atoms. The van der Waals surface area contributed by atoms with Gasteiger partial charge in [-0.3, -0.25) is 9.59 Å². The Kier molecular flexibility index (Phi) is 5.59. The molecule has 0 radical (unpaired) electrons. The van der Waals surface area contributed by atoms with Crippen molar-refractivity contribution in [2.45, 2.75) is 52.1 Å². The van der Waals surface area contributed by atoms with Gasteiger partial charge in [-0.2, -0.15) is 0 Å². The summed E-state index contributed by atoms with van der Waals surface area (Å²) in [6.07, 6.45) is 2.29. The van der Waals surface area contributed by atoms with E-state index in [-0.39, 0.29) is 23.8 Å². The fraction of sp³-hybridized carbons (Fsp3) is 0.846. The zero-order chi connectivity index (χ0) is 13.7. The van der Waals surface area contributed by atoms with Crippen LogP contribution in [0, 0.1) is 5.92 Å². The lowest BCUT2D eigenvalue weighted by atomic mass is 10.0. The first-order valence-corrected chi connectivity index (χ1v) is 6.80. The van der Waals surface area contributed by atoms with Crippen LogP contribution in [0.4, 0.5) is 0 Å². The summed E-state index contributed by atoms with van der Waals surface area (Å²) in [5.41, 5.74) is 5.67. The van der Waals surface area contributed by atoms with Crippen LogP contribution in [0.25, 0.3) is 0 Å². The van der Waals surface area contributed by atoms with Gasteiger partial charge in [-0.1, -0.05) is 20.8 Å². The molecule has 1 saturated heterocycles. The molecule has 1 fully saturated rings. The van der Waals surface area contributed by atoms with E-state index in [2.05, 4.69) is 5.32 Å². The van der Waals surface area contributed by atoms with E-state index < -0.39 is 6.04 Å². The normalized spacial score (nSPS) is 18.8. The average Bonchev–Trinajstić information content (AvgIpc) is 2.37. The molecule has 1 heterocycles. The summed E-state index contributed by atoms with van der Waals surface area (Å²) in [5.74, 6) is 0.167. The minimum absolute atomic E-state index is 0.0460. The van der Waals surface area contributed by atoms with Gasteiger partial charge >= 0.3 is 0 Å². The van der Waals surface area contributed by atoms with Gasteiger partial charge in [0, 0.05) is 25.0 Å². The molecule has 18 heavy (non-hydrogen) atoms. The van der Waals surface area contributed by atoms with Crippen LogP contribution in [0.2, 0.25) is 0 Å². The first-order chi connectivity index (χ1) is 8.45. The minimum Gasteiger partial charge on any atom is -0.352 e. The molecule has 0 aromatic rings. The summed E-state index contributed by atoms with van der Waals surface area (Å²) in [7, 11) is 0. The molecule has 0 aliphatic carbocycles. The van der Waals surface area contributed by atoms with Crippen LogP contribution in [-0.4, -0.2) is 41.9 Å². The van der Waals surface area contributed by atoms with Crippen molar-refractivity contribution in [1.82, 2.24) is 10.2 Å². The van der Waals surface area contributed by atoms with Crippen molar-refractivity contribution in [3.63, 3.8) is 0 Å². The van der Waals surface area contributed by atoms with E-state index in [4.69, 9.17) is 5.73 Å². The lowest BCUT2D eigenvalue weighted by Crippen LogP contribution is -2.50. The van der Waals surface area contributed by atoms with Crippen molar-refractivity contribution in [2.75, 3.05) is 13.1 Å². The third kappa shape index (κ3) is 3.98. The molecule has 0 saturated carbocycles. The standard InChI is InChI=1S/C13H25N3O2/c1-4-11(14)12(17)15-10-5-7-16(8-6-10)13(18)9(2)3/h9-11H,4-8,14H2,1-3H3,(H,15,17). The number of rotatable bonds is 4. The van der Waals surface area contributed by atoms with Crippen LogP contribution >= 0.6 is 0 Å². The molecule has 0 spiro atoms. The SMILES string of the molecule is CCC(N)C(=O)NC1CCN(C(=O)C(C)C)CC1. The molecular formula is C13H25N3O2. The predicted octanol–water partition coefficient (Wildman–Crippen LogP) is 0.487. The van der Waals surface area contributed by atoms with E-state index in [0.29, 0.717) is 6.42 Å². The predicted molar refractivity (Wildman–Crippen MR) is 70.8 cm³/mol. The molecule has 104 valence electrons. The van der Waals surface area contributed by atoms with E-state index in [9.17, 15) is 9.59 Å². The second-order valence-electron chi connectivity index (χ2n) is 5.28. The van der Waals surface area contributed by atoms with Gasteiger partial charge in [-0.15, -0.1) is 0 Å². The monoisotopic (exact) mass is 255 g/mol. The third-order valence-electron chi connectivity index (χ3n) is 3.42. The molecule has 1 rings (SSSR count). The van der Waals surface area contributed by atoms with Gasteiger partial charge in [0.05, 0.1) is 6.04 Å². The van der Waals surface area contributed by atoms with Crippen molar-refractivity contribution < 1.29 is 9.59 Å². The van der Waals surface area contributed by atoms with E-state index in [1.807, 2.05) is 25.7 Å². The van der Waals surface area contributed by atoms with Crippen LogP contribution in [0.3, 0.4) is 0 Å². The minimum atomic E-state index is -0.416. The van der Waals surface area contributed by atoms with Gasteiger partial charge in [0.25, 0.3) is 0 Å². The molecule has 1 aliphatic heterocycles. The van der Waals surface area contributed by atoms with E-state index in [1.165, 1.54) is 0 Å². The zero-order valence-corrected chi connectivity index (χ0v) is 11.6. The molecule has 2 amide bonds. The third-order valence-corrected chi connectivity index (χ3v) is 3.42. The number of hydrogen-bond acceptors (Lipinski definition) is 3. The first kappa shape index (κ1) is 15.0. The smallest absolute Gasteiger partial charge is 0.237 e. The molecule has 5 nitrogen and oxygen atoms in total. The summed E-state index contributed by atoms with van der Waals surface area (Å²) >= 11 is 0. The highest BCUT2D eigenvalue weighted by molar-refractivity contribution is 5.81. The van der Waals surface area contributed by atoms with Gasteiger partial charge in [0.15, 0.2) is 0 Å². The molecule has 0 aromatic heterocycles. The summed E-state index contributed by atoms with van der Waals surface area (Å²) in [5, 5.41) is 2.96. The molecule has 5 heteroatoms. The Morgan fingerprint density at radius 2 is 1.89 bits per heavy atom. The van der Waals surface area contributed by atoms with Crippen LogP contribution in [-0.2, 0) is 9.59 Å². The topological polar surface area (TPSA) is 75.4 Å². The van der Waals surface area contributed by atoms with Crippen molar-refractivity contribution in [3.8, 4) is 0 Å². The number of carbonyl (C=O) groups excluding carboxylic acids is 2. The second kappa shape index (κ2) is 6.73. The van der Waals surface area contributed by atoms with E-state index in [1.54, 1.807) is 0 Å². The Morgan fingerprint density at radius 3 is 2.33 bits per heavy atom. The van der Waals surface area contributed by atoms with Crippen molar-refractivity contribution >= 4 is 11.8 Å². The quantitative estimate of drug-likeness (QED) is 0.767. The largest absolute Gasteiger partial charge is 0.352 e. The number of piperidine rings is 1. The average molecular weight is 255 g/mol. The number of nitrogens with one attached hydrogen (secondary N) is 1. The number of hydrogen-bond donors (Lipinski definition) is 2. The van der Waals surface area contributed by atoms with Crippen LogP contribution in [0.1, 0.15) is 40.0 Å². The summed E-state index contributed by atoms with van der Waals surface area (Å²) < 4.78 is 0. The summed E-state index contributed by atoms with van der Waals surface area (Å²) in [6, 6.07) is -0.258. The lowest BCUT2D eigenvalue weighted by molar-refractivity contribution is -0.135. The van der Waals surface area contributed by atoms with Gasteiger partial charge < -0.3 is 16.0 Å². The highest BCUT2D eigenvalue weighted by Gasteiger charge is 2.25. The Hall–Kier alpha value is -1.10. The Bertz CT molecular complexity index is 297. The molecule has 1 unspecified atom stereocenters. The number of carbonyl (C=O) groups is 2. The van der Waals surface area contributed by atoms with Gasteiger partial charge in [-0.25, -0.2) is 0 Å². The maximum Gasteiger partial charge on any atom is 0.237 e. The van der Waals surface area contributed by atoms with Crippen molar-refractivity contribution in [2.24, 2.45) is 11.7 Å². The van der Waals surface area contributed by atoms with Gasteiger partial charge in [0.1, 0.15) is 0 Å². The number of nitrogens with zero attached hydrogens (tertiary/aromatic N) is 1. The molecule has 1 atom stereocenters. The number of likely N-dealkylation sites (tertiary alicyclic amines) is 1. The lowest BCUT2D eigenvalue weighted by Gasteiger charge is -2.33. The molecule has 0 aromatic carbocycles. The number of nitrogens with two attached hydrogens (primary N) is 1. The van der Waals surface area contributed by atoms with Crippen LogP contribution in [0.15, 0.2) is 0 Å². The van der Waals surface area contributed by atoms with Crippen LogP contribution in [0.5, 0.6) is 0 Å². The first-order valence-electron chi connectivity index (χ1n) is 6.80. The summed E-state index contributed by atoms with van der Waals surface area (Å²) in [4.78, 5) is 25.3. The van der Waals surface area contributed by atoms with E-state index >= 15 is 0 Å². The Balaban J connectivity index is 2.36. The molecule has 1 aliphatic rings. The van der Waals surface area contributed by atoms with Crippen molar-refractivity contribution in [3.05, 3.63) is 0 Å². The highest BCUT2D eigenvalue weighted by atomic mass is 16.2. The second-order valence-corrected chi connectivity index (χ2v) is 5.28. The van der Waals surface area contributed by atoms with Crippen LogP contribution < -0.4 is 11.1 Å². The number of amides is 2. The highest BCUT2D eigenvalue weighted by Crippen LogP contribution is 2.13. The fourth-order valence-corrected chi connectivity index (χ4v) is 2.10. The Labute approximate surface area is 109 Å².